The van der Waals surface area contributed by atoms with Gasteiger partial charge in [-0.25, -0.2) is 4.90 Å². The van der Waals surface area contributed by atoms with Gasteiger partial charge in [-0.2, -0.15) is 0 Å². The highest BCUT2D eigenvalue weighted by molar-refractivity contribution is 6.47. The zero-order chi connectivity index (χ0) is 24.0. The molecule has 0 bridgehead atoms. The Bertz CT molecular complexity index is 1510. The summed E-state index contributed by atoms with van der Waals surface area (Å²) in [6, 6.07) is 25.4. The summed E-state index contributed by atoms with van der Waals surface area (Å²) in [6.07, 6.45) is 0. The van der Waals surface area contributed by atoms with Crippen LogP contribution in [0.3, 0.4) is 0 Å². The molecule has 4 nitrogen and oxygen atoms in total. The Balaban J connectivity index is 1.71. The van der Waals surface area contributed by atoms with Crippen molar-refractivity contribution < 1.29 is 9.59 Å². The first-order valence-corrected chi connectivity index (χ1v) is 11.4. The van der Waals surface area contributed by atoms with Crippen LogP contribution in [0.1, 0.15) is 27.8 Å². The van der Waals surface area contributed by atoms with Crippen LogP contribution in [0.2, 0.25) is 0 Å². The number of carbonyl (C=O) groups excluding carboxylic acids is 2. The minimum Gasteiger partial charge on any atom is -0.350 e. The molecular weight excluding hydrogens is 420 g/mol. The molecule has 1 aliphatic rings. The third-order valence-corrected chi connectivity index (χ3v) is 6.61. The van der Waals surface area contributed by atoms with Crippen molar-refractivity contribution in [2.24, 2.45) is 0 Å². The summed E-state index contributed by atoms with van der Waals surface area (Å²) in [5.74, 6) is -0.668. The monoisotopic (exact) mass is 446 g/mol. The van der Waals surface area contributed by atoms with Crippen molar-refractivity contribution in [1.29, 1.82) is 0 Å². The third-order valence-electron chi connectivity index (χ3n) is 6.61. The molecule has 0 radical (unpaired) electrons. The SMILES string of the molecule is Cc1ccc(C2=C(Nc3cccc(C)c3C)C(=O)N(c3cccc4ccccc34)C2=O)c(C)c1. The first-order valence-electron chi connectivity index (χ1n) is 11.4. The van der Waals surface area contributed by atoms with E-state index in [1.54, 1.807) is 0 Å². The number of fused-ring (bicyclic) bond motifs is 1. The number of hydrogen-bond donors (Lipinski definition) is 1. The predicted molar refractivity (Wildman–Crippen MR) is 139 cm³/mol. The minimum absolute atomic E-state index is 0.304. The summed E-state index contributed by atoms with van der Waals surface area (Å²) in [7, 11) is 0. The molecule has 0 fully saturated rings. The van der Waals surface area contributed by atoms with Gasteiger partial charge in [0.05, 0.1) is 11.3 Å². The third kappa shape index (κ3) is 3.48. The van der Waals surface area contributed by atoms with E-state index in [1.165, 1.54) is 4.90 Å². The van der Waals surface area contributed by atoms with Gasteiger partial charge in [0.2, 0.25) is 0 Å². The average molecular weight is 447 g/mol. The lowest BCUT2D eigenvalue weighted by molar-refractivity contribution is -0.120. The number of carbonyl (C=O) groups is 2. The Morgan fingerprint density at radius 2 is 1.44 bits per heavy atom. The zero-order valence-corrected chi connectivity index (χ0v) is 19.8. The van der Waals surface area contributed by atoms with Gasteiger partial charge in [0.25, 0.3) is 11.8 Å². The Morgan fingerprint density at radius 1 is 0.706 bits per heavy atom. The highest BCUT2D eigenvalue weighted by Crippen LogP contribution is 2.38. The molecule has 5 rings (SSSR count). The number of hydrogen-bond acceptors (Lipinski definition) is 3. The summed E-state index contributed by atoms with van der Waals surface area (Å²) in [6.45, 7) is 8.04. The Morgan fingerprint density at radius 3 is 2.24 bits per heavy atom. The van der Waals surface area contributed by atoms with Crippen molar-refractivity contribution in [3.63, 3.8) is 0 Å². The molecule has 0 saturated heterocycles. The van der Waals surface area contributed by atoms with Crippen LogP contribution in [0.5, 0.6) is 0 Å². The standard InChI is InChI=1S/C30H26N2O2/c1-18-15-16-23(20(3)17-18)27-28(31-25-13-7-9-19(2)21(25)4)30(34)32(29(27)33)26-14-8-11-22-10-5-6-12-24(22)26/h5-17,31H,1-4H3. The second kappa shape index (κ2) is 8.31. The van der Waals surface area contributed by atoms with Crippen LogP contribution in [0.25, 0.3) is 16.3 Å². The van der Waals surface area contributed by atoms with Crippen LogP contribution in [0.4, 0.5) is 11.4 Å². The van der Waals surface area contributed by atoms with Gasteiger partial charge in [-0.1, -0.05) is 72.3 Å². The summed E-state index contributed by atoms with van der Waals surface area (Å²) in [5.41, 5.74) is 7.09. The average Bonchev–Trinajstić information content (AvgIpc) is 3.06. The molecule has 1 N–H and O–H groups in total. The number of nitrogens with one attached hydrogen (secondary N) is 1. The van der Waals surface area contributed by atoms with Gasteiger partial charge in [-0.05, 0) is 67.5 Å². The lowest BCUT2D eigenvalue weighted by Crippen LogP contribution is -2.32. The normalized spacial score (nSPS) is 13.8. The first kappa shape index (κ1) is 21.7. The van der Waals surface area contributed by atoms with Crippen molar-refractivity contribution in [3.8, 4) is 0 Å². The van der Waals surface area contributed by atoms with E-state index < -0.39 is 0 Å². The van der Waals surface area contributed by atoms with Crippen LogP contribution >= 0.6 is 0 Å². The number of anilines is 2. The Kier molecular flexibility index (Phi) is 5.29. The molecule has 168 valence electrons. The lowest BCUT2D eigenvalue weighted by atomic mass is 9.97. The van der Waals surface area contributed by atoms with Crippen LogP contribution in [-0.2, 0) is 9.59 Å². The van der Waals surface area contributed by atoms with E-state index in [4.69, 9.17) is 0 Å². The van der Waals surface area contributed by atoms with Crippen molar-refractivity contribution in [3.05, 3.63) is 112 Å². The van der Waals surface area contributed by atoms with Crippen LogP contribution < -0.4 is 10.2 Å². The van der Waals surface area contributed by atoms with Crippen molar-refractivity contribution >= 4 is 39.5 Å². The number of rotatable bonds is 4. The number of benzene rings is 4. The maximum Gasteiger partial charge on any atom is 0.282 e. The Hall–Kier alpha value is -4.18. The van der Waals surface area contributed by atoms with E-state index in [1.807, 2.05) is 107 Å². The van der Waals surface area contributed by atoms with E-state index in [-0.39, 0.29) is 11.8 Å². The van der Waals surface area contributed by atoms with E-state index in [9.17, 15) is 9.59 Å². The first-order chi connectivity index (χ1) is 16.4. The molecule has 34 heavy (non-hydrogen) atoms. The molecule has 2 amide bonds. The minimum atomic E-state index is -0.350. The molecule has 0 spiro atoms. The molecule has 4 aromatic rings. The molecular formula is C30H26N2O2. The fourth-order valence-electron chi connectivity index (χ4n) is 4.63. The van der Waals surface area contributed by atoms with Crippen molar-refractivity contribution in [1.82, 2.24) is 0 Å². The van der Waals surface area contributed by atoms with Crippen molar-refractivity contribution in [2.45, 2.75) is 27.7 Å². The highest BCUT2D eigenvalue weighted by Gasteiger charge is 2.41. The highest BCUT2D eigenvalue weighted by atomic mass is 16.2. The largest absolute Gasteiger partial charge is 0.350 e. The number of amides is 2. The molecule has 1 heterocycles. The second-order valence-corrected chi connectivity index (χ2v) is 8.88. The van der Waals surface area contributed by atoms with Gasteiger partial charge < -0.3 is 5.32 Å². The second-order valence-electron chi connectivity index (χ2n) is 8.88. The zero-order valence-electron chi connectivity index (χ0n) is 19.8. The van der Waals surface area contributed by atoms with E-state index >= 15 is 0 Å². The van der Waals surface area contributed by atoms with Crippen LogP contribution in [-0.4, -0.2) is 11.8 Å². The maximum absolute atomic E-state index is 14.0. The molecule has 4 heteroatoms. The van der Waals surface area contributed by atoms with E-state index in [0.29, 0.717) is 17.0 Å². The van der Waals surface area contributed by atoms with Crippen LogP contribution in [0, 0.1) is 27.7 Å². The molecule has 0 atom stereocenters. The molecule has 1 aliphatic heterocycles. The van der Waals surface area contributed by atoms with Gasteiger partial charge in [0.1, 0.15) is 5.70 Å². The van der Waals surface area contributed by atoms with E-state index in [0.717, 1.165) is 44.3 Å². The van der Waals surface area contributed by atoms with Gasteiger partial charge in [0.15, 0.2) is 0 Å². The van der Waals surface area contributed by atoms with Gasteiger partial charge >= 0.3 is 0 Å². The number of nitrogens with zero attached hydrogens (tertiary/aromatic N) is 1. The maximum atomic E-state index is 14.0. The summed E-state index contributed by atoms with van der Waals surface area (Å²) < 4.78 is 0. The summed E-state index contributed by atoms with van der Waals surface area (Å²) >= 11 is 0. The molecule has 4 aromatic carbocycles. The fraction of sp³-hybridized carbons (Fsp3) is 0.133. The quantitative estimate of drug-likeness (QED) is 0.366. The Labute approximate surface area is 199 Å². The topological polar surface area (TPSA) is 49.4 Å². The molecule has 0 unspecified atom stereocenters. The van der Waals surface area contributed by atoms with Gasteiger partial charge in [-0.3, -0.25) is 9.59 Å². The molecule has 0 aliphatic carbocycles. The summed E-state index contributed by atoms with van der Waals surface area (Å²) in [4.78, 5) is 29.2. The molecule has 0 aromatic heterocycles. The smallest absolute Gasteiger partial charge is 0.282 e. The number of imide groups is 1. The fourth-order valence-corrected chi connectivity index (χ4v) is 4.63. The van der Waals surface area contributed by atoms with Crippen molar-refractivity contribution in [2.75, 3.05) is 10.2 Å². The predicted octanol–water partition coefficient (Wildman–Crippen LogP) is 6.47. The van der Waals surface area contributed by atoms with Gasteiger partial charge in [-0.15, -0.1) is 0 Å². The van der Waals surface area contributed by atoms with Crippen LogP contribution in [0.15, 0.2) is 84.6 Å². The van der Waals surface area contributed by atoms with Gasteiger partial charge in [0, 0.05) is 11.1 Å². The van der Waals surface area contributed by atoms with E-state index in [2.05, 4.69) is 5.32 Å². The number of aryl methyl sites for hydroxylation is 3. The molecule has 0 saturated carbocycles. The lowest BCUT2D eigenvalue weighted by Gasteiger charge is -2.18. The summed E-state index contributed by atoms with van der Waals surface area (Å²) in [5, 5.41) is 5.17.